The minimum Gasteiger partial charge on any atom is -0.389 e. The summed E-state index contributed by atoms with van der Waals surface area (Å²) in [4.78, 5) is 0. The number of unbranched alkanes of at least 4 members (excludes halogenated alkanes) is 2. The maximum atomic E-state index is 9.62. The van der Waals surface area contributed by atoms with Gasteiger partial charge >= 0.3 is 0 Å². The van der Waals surface area contributed by atoms with Crippen molar-refractivity contribution in [3.05, 3.63) is 0 Å². The molecule has 0 heterocycles. The van der Waals surface area contributed by atoms with Crippen LogP contribution in [0.2, 0.25) is 0 Å². The zero-order chi connectivity index (χ0) is 14.2. The van der Waals surface area contributed by atoms with Crippen molar-refractivity contribution >= 4 is 0 Å². The highest BCUT2D eigenvalue weighted by atomic mass is 16.5. The van der Waals surface area contributed by atoms with E-state index in [0.29, 0.717) is 26.4 Å². The number of aliphatic hydroxyl groups is 1. The van der Waals surface area contributed by atoms with Gasteiger partial charge in [-0.25, -0.2) is 0 Å². The van der Waals surface area contributed by atoms with Crippen LogP contribution < -0.4 is 5.32 Å². The molecule has 2 N–H and O–H groups in total. The molecule has 0 aromatic carbocycles. The van der Waals surface area contributed by atoms with E-state index in [0.717, 1.165) is 45.4 Å². The molecule has 0 saturated carbocycles. The van der Waals surface area contributed by atoms with Crippen molar-refractivity contribution in [3.63, 3.8) is 0 Å². The Kier molecular flexibility index (Phi) is 15.7. The smallest absolute Gasteiger partial charge is 0.0897 e. The van der Waals surface area contributed by atoms with Crippen molar-refractivity contribution in [1.29, 1.82) is 0 Å². The molecule has 5 nitrogen and oxygen atoms in total. The molecule has 0 aromatic rings. The SMILES string of the molecule is CCCCOCC(O)CNCCCCOCCOC. The molecule has 0 bridgehead atoms. The van der Waals surface area contributed by atoms with E-state index in [1.807, 2.05) is 0 Å². The third kappa shape index (κ3) is 15.7. The van der Waals surface area contributed by atoms with Crippen molar-refractivity contribution in [2.45, 2.75) is 38.7 Å². The van der Waals surface area contributed by atoms with Gasteiger partial charge in [0.1, 0.15) is 0 Å². The molecule has 19 heavy (non-hydrogen) atoms. The zero-order valence-corrected chi connectivity index (χ0v) is 12.5. The molecule has 0 aromatic heterocycles. The summed E-state index contributed by atoms with van der Waals surface area (Å²) in [5, 5.41) is 12.8. The van der Waals surface area contributed by atoms with Crippen LogP contribution in [0.4, 0.5) is 0 Å². The summed E-state index contributed by atoms with van der Waals surface area (Å²) in [5.41, 5.74) is 0. The van der Waals surface area contributed by atoms with Crippen molar-refractivity contribution in [1.82, 2.24) is 5.32 Å². The average molecular weight is 277 g/mol. The number of rotatable bonds is 15. The quantitative estimate of drug-likeness (QED) is 0.440. The molecule has 0 amide bonds. The molecule has 0 spiro atoms. The molecule has 0 aliphatic rings. The van der Waals surface area contributed by atoms with Crippen LogP contribution in [-0.4, -0.2) is 64.4 Å². The van der Waals surface area contributed by atoms with Gasteiger partial charge in [-0.15, -0.1) is 0 Å². The number of aliphatic hydroxyl groups excluding tert-OH is 1. The van der Waals surface area contributed by atoms with Crippen LogP contribution in [-0.2, 0) is 14.2 Å². The Morgan fingerprint density at radius 2 is 1.79 bits per heavy atom. The van der Waals surface area contributed by atoms with Gasteiger partial charge in [-0.2, -0.15) is 0 Å². The van der Waals surface area contributed by atoms with Gasteiger partial charge in [-0.05, 0) is 25.8 Å². The van der Waals surface area contributed by atoms with Gasteiger partial charge in [0.25, 0.3) is 0 Å². The van der Waals surface area contributed by atoms with Crippen molar-refractivity contribution in [2.24, 2.45) is 0 Å². The van der Waals surface area contributed by atoms with Gasteiger partial charge in [-0.3, -0.25) is 0 Å². The fourth-order valence-corrected chi connectivity index (χ4v) is 1.49. The standard InChI is InChI=1S/C14H31NO4/c1-3-4-8-19-13-14(16)12-15-7-5-6-9-18-11-10-17-2/h14-16H,3-13H2,1-2H3. The summed E-state index contributed by atoms with van der Waals surface area (Å²) >= 11 is 0. The minimum atomic E-state index is -0.408. The topological polar surface area (TPSA) is 60.0 Å². The lowest BCUT2D eigenvalue weighted by Crippen LogP contribution is -2.31. The number of ether oxygens (including phenoxy) is 3. The van der Waals surface area contributed by atoms with Gasteiger partial charge in [-0.1, -0.05) is 13.3 Å². The maximum absolute atomic E-state index is 9.62. The van der Waals surface area contributed by atoms with Crippen molar-refractivity contribution < 1.29 is 19.3 Å². The highest BCUT2D eigenvalue weighted by molar-refractivity contribution is 4.58. The summed E-state index contributed by atoms with van der Waals surface area (Å²) < 4.78 is 15.6. The Hall–Kier alpha value is -0.200. The van der Waals surface area contributed by atoms with Crippen molar-refractivity contribution in [3.8, 4) is 0 Å². The van der Waals surface area contributed by atoms with Gasteiger partial charge in [0, 0.05) is 26.9 Å². The van der Waals surface area contributed by atoms with E-state index < -0.39 is 6.10 Å². The number of methoxy groups -OCH3 is 1. The third-order valence-electron chi connectivity index (χ3n) is 2.66. The predicted octanol–water partition coefficient (Wildman–Crippen LogP) is 1.20. The van der Waals surface area contributed by atoms with E-state index in [4.69, 9.17) is 14.2 Å². The average Bonchev–Trinajstić information content (AvgIpc) is 2.42. The first-order valence-electron chi connectivity index (χ1n) is 7.34. The Morgan fingerprint density at radius 3 is 2.53 bits per heavy atom. The van der Waals surface area contributed by atoms with E-state index in [9.17, 15) is 5.11 Å². The number of hydrogen-bond donors (Lipinski definition) is 2. The molecule has 0 aliphatic heterocycles. The van der Waals surface area contributed by atoms with Gasteiger partial charge in [0.15, 0.2) is 0 Å². The summed E-state index contributed by atoms with van der Waals surface area (Å²) in [6.45, 7) is 6.88. The van der Waals surface area contributed by atoms with E-state index in [1.54, 1.807) is 7.11 Å². The van der Waals surface area contributed by atoms with E-state index in [-0.39, 0.29) is 0 Å². The lowest BCUT2D eigenvalue weighted by molar-refractivity contribution is 0.0358. The first-order chi connectivity index (χ1) is 9.31. The normalized spacial score (nSPS) is 12.8. The van der Waals surface area contributed by atoms with Crippen LogP contribution in [0.1, 0.15) is 32.6 Å². The Labute approximate surface area is 117 Å². The Morgan fingerprint density at radius 1 is 1.00 bits per heavy atom. The van der Waals surface area contributed by atoms with Crippen LogP contribution in [0.3, 0.4) is 0 Å². The first-order valence-corrected chi connectivity index (χ1v) is 7.34. The first kappa shape index (κ1) is 18.8. The number of nitrogens with one attached hydrogen (secondary N) is 1. The zero-order valence-electron chi connectivity index (χ0n) is 12.5. The molecule has 5 heteroatoms. The molecular formula is C14H31NO4. The molecule has 1 unspecified atom stereocenters. The van der Waals surface area contributed by atoms with Crippen molar-refractivity contribution in [2.75, 3.05) is 53.2 Å². The molecule has 0 rings (SSSR count). The molecule has 1 atom stereocenters. The maximum Gasteiger partial charge on any atom is 0.0897 e. The second-order valence-corrected chi connectivity index (χ2v) is 4.60. The summed E-state index contributed by atoms with van der Waals surface area (Å²) in [7, 11) is 1.67. The van der Waals surface area contributed by atoms with Gasteiger partial charge in [0.2, 0.25) is 0 Å². The highest BCUT2D eigenvalue weighted by Gasteiger charge is 2.02. The molecule has 0 radical (unpaired) electrons. The fraction of sp³-hybridized carbons (Fsp3) is 1.00. The predicted molar refractivity (Wildman–Crippen MR) is 76.5 cm³/mol. The van der Waals surface area contributed by atoms with E-state index in [1.165, 1.54) is 0 Å². The molecule has 116 valence electrons. The Bertz CT molecular complexity index is 170. The molecule has 0 aliphatic carbocycles. The van der Waals surface area contributed by atoms with Crippen LogP contribution in [0.5, 0.6) is 0 Å². The van der Waals surface area contributed by atoms with E-state index in [2.05, 4.69) is 12.2 Å². The Balaban J connectivity index is 3.07. The van der Waals surface area contributed by atoms with Crippen LogP contribution in [0, 0.1) is 0 Å². The molecular weight excluding hydrogens is 246 g/mol. The van der Waals surface area contributed by atoms with Gasteiger partial charge < -0.3 is 24.6 Å². The molecule has 0 saturated heterocycles. The molecule has 0 fully saturated rings. The third-order valence-corrected chi connectivity index (χ3v) is 2.66. The highest BCUT2D eigenvalue weighted by Crippen LogP contribution is 1.92. The van der Waals surface area contributed by atoms with Crippen LogP contribution in [0.15, 0.2) is 0 Å². The lowest BCUT2D eigenvalue weighted by atomic mass is 10.3. The summed E-state index contributed by atoms with van der Waals surface area (Å²) in [5.74, 6) is 0. The largest absolute Gasteiger partial charge is 0.389 e. The monoisotopic (exact) mass is 277 g/mol. The van der Waals surface area contributed by atoms with Crippen LogP contribution in [0.25, 0.3) is 0 Å². The summed E-state index contributed by atoms with van der Waals surface area (Å²) in [6.07, 6.45) is 3.86. The second-order valence-electron chi connectivity index (χ2n) is 4.60. The fourth-order valence-electron chi connectivity index (χ4n) is 1.49. The minimum absolute atomic E-state index is 0.408. The van der Waals surface area contributed by atoms with Gasteiger partial charge in [0.05, 0.1) is 25.9 Å². The lowest BCUT2D eigenvalue weighted by Gasteiger charge is -2.12. The second kappa shape index (κ2) is 15.9. The van der Waals surface area contributed by atoms with E-state index >= 15 is 0 Å². The van der Waals surface area contributed by atoms with Crippen LogP contribution >= 0.6 is 0 Å². The number of hydrogen-bond acceptors (Lipinski definition) is 5. The summed E-state index contributed by atoms with van der Waals surface area (Å²) in [6, 6.07) is 0.